The van der Waals surface area contributed by atoms with Crippen molar-refractivity contribution in [2.45, 2.75) is 26.3 Å². The van der Waals surface area contributed by atoms with Crippen LogP contribution in [0.5, 0.6) is 0 Å². The van der Waals surface area contributed by atoms with Gasteiger partial charge >= 0.3 is 0 Å². The molecule has 1 saturated carbocycles. The number of rotatable bonds is 5. The summed E-state index contributed by atoms with van der Waals surface area (Å²) in [4.78, 5) is 9.18. The van der Waals surface area contributed by atoms with E-state index in [1.165, 1.54) is 12.8 Å². The van der Waals surface area contributed by atoms with E-state index < -0.39 is 0 Å². The van der Waals surface area contributed by atoms with Crippen LogP contribution < -0.4 is 10.6 Å². The normalized spacial score (nSPS) is 15.4. The monoisotopic (exact) mass is 349 g/mol. The topological polar surface area (TPSA) is 53.7 Å². The molecule has 5 nitrogen and oxygen atoms in total. The van der Waals surface area contributed by atoms with Crippen molar-refractivity contribution in [1.29, 1.82) is 0 Å². The van der Waals surface area contributed by atoms with Gasteiger partial charge in [-0.05, 0) is 53.7 Å². The minimum absolute atomic E-state index is 0.583. The third-order valence-corrected chi connectivity index (χ3v) is 3.93. The van der Waals surface area contributed by atoms with E-state index in [0.717, 1.165) is 40.8 Å². The van der Waals surface area contributed by atoms with Crippen LogP contribution in [0.1, 0.15) is 25.5 Å². The van der Waals surface area contributed by atoms with Crippen molar-refractivity contribution >= 4 is 27.5 Å². The summed E-state index contributed by atoms with van der Waals surface area (Å²) in [5.74, 6) is 1.71. The number of hydrogen-bond acceptors (Lipinski definition) is 2. The molecule has 1 fully saturated rings. The zero-order chi connectivity index (χ0) is 14.7. The van der Waals surface area contributed by atoms with Crippen molar-refractivity contribution < 1.29 is 0 Å². The van der Waals surface area contributed by atoms with Crippen molar-refractivity contribution in [2.24, 2.45) is 10.9 Å². The minimum Gasteiger partial charge on any atom is -0.357 e. The van der Waals surface area contributed by atoms with Crippen LogP contribution in [0.3, 0.4) is 0 Å². The fourth-order valence-electron chi connectivity index (χ4n) is 2.16. The van der Waals surface area contributed by atoms with E-state index in [-0.39, 0.29) is 0 Å². The molecule has 0 aliphatic heterocycles. The molecule has 2 N–H and O–H groups in total. The Bertz CT molecular complexity index is 645. The Morgan fingerprint density at radius 1 is 1.38 bits per heavy atom. The zero-order valence-electron chi connectivity index (χ0n) is 12.1. The van der Waals surface area contributed by atoms with Gasteiger partial charge in [0.15, 0.2) is 5.96 Å². The molecule has 6 heteroatoms. The number of fused-ring (bicyclic) bond motifs is 1. The lowest BCUT2D eigenvalue weighted by molar-refractivity contribution is 0.738. The average molecular weight is 350 g/mol. The summed E-state index contributed by atoms with van der Waals surface area (Å²) in [5.41, 5.74) is 1.91. The van der Waals surface area contributed by atoms with Crippen LogP contribution in [-0.4, -0.2) is 28.4 Å². The van der Waals surface area contributed by atoms with Gasteiger partial charge in [-0.3, -0.25) is 0 Å². The van der Waals surface area contributed by atoms with Crippen LogP contribution in [0.4, 0.5) is 0 Å². The number of aliphatic imine (C=N–C) groups is 1. The first-order valence-electron chi connectivity index (χ1n) is 7.40. The number of nitrogens with zero attached hydrogens (tertiary/aromatic N) is 3. The lowest BCUT2D eigenvalue weighted by Crippen LogP contribution is -2.38. The fourth-order valence-corrected chi connectivity index (χ4v) is 2.51. The van der Waals surface area contributed by atoms with E-state index in [0.29, 0.717) is 6.54 Å². The molecule has 1 aliphatic carbocycles. The van der Waals surface area contributed by atoms with Crippen molar-refractivity contribution in [3.63, 3.8) is 0 Å². The summed E-state index contributed by atoms with van der Waals surface area (Å²) in [7, 11) is 0. The number of pyridine rings is 1. The Kier molecular flexibility index (Phi) is 4.43. The summed E-state index contributed by atoms with van der Waals surface area (Å²) in [5, 5.41) is 6.67. The van der Waals surface area contributed by atoms with Gasteiger partial charge < -0.3 is 15.0 Å². The Balaban J connectivity index is 1.67. The molecule has 0 unspecified atom stereocenters. The third-order valence-electron chi connectivity index (χ3n) is 3.46. The summed E-state index contributed by atoms with van der Waals surface area (Å²) >= 11 is 3.47. The molecule has 0 amide bonds. The first kappa shape index (κ1) is 14.4. The molecule has 0 saturated heterocycles. The fraction of sp³-hybridized carbons (Fsp3) is 0.467. The summed E-state index contributed by atoms with van der Waals surface area (Å²) in [6, 6.07) is 3.99. The zero-order valence-corrected chi connectivity index (χ0v) is 13.7. The van der Waals surface area contributed by atoms with Crippen molar-refractivity contribution in [1.82, 2.24) is 20.0 Å². The lowest BCUT2D eigenvalue weighted by Gasteiger charge is -2.10. The van der Waals surface area contributed by atoms with Gasteiger partial charge in [-0.2, -0.15) is 0 Å². The van der Waals surface area contributed by atoms with E-state index in [4.69, 9.17) is 0 Å². The quantitative estimate of drug-likeness (QED) is 0.644. The smallest absolute Gasteiger partial charge is 0.191 e. The Labute approximate surface area is 133 Å². The van der Waals surface area contributed by atoms with Gasteiger partial charge in [-0.1, -0.05) is 0 Å². The van der Waals surface area contributed by atoms with E-state index in [1.54, 1.807) is 0 Å². The van der Waals surface area contributed by atoms with Crippen LogP contribution >= 0.6 is 15.9 Å². The molecule has 0 bridgehead atoms. The molecule has 2 heterocycles. The second kappa shape index (κ2) is 6.47. The molecule has 2 aromatic heterocycles. The molecule has 112 valence electrons. The van der Waals surface area contributed by atoms with Gasteiger partial charge in [0.25, 0.3) is 0 Å². The van der Waals surface area contributed by atoms with E-state index >= 15 is 0 Å². The predicted molar refractivity (Wildman–Crippen MR) is 88.4 cm³/mol. The minimum atomic E-state index is 0.583. The standard InChI is InChI=1S/C15H20BrN5/c1-2-17-15(18-7-11-3-4-11)19-8-13-10-21-9-12(16)5-6-14(21)20-13/h5-6,9-11H,2-4,7-8H2,1H3,(H2,17,18,19). The maximum atomic E-state index is 4.61. The van der Waals surface area contributed by atoms with Crippen LogP contribution in [-0.2, 0) is 6.54 Å². The van der Waals surface area contributed by atoms with Gasteiger partial charge in [0.05, 0.1) is 12.2 Å². The molecule has 3 rings (SSSR count). The Morgan fingerprint density at radius 3 is 3.00 bits per heavy atom. The molecular weight excluding hydrogens is 330 g/mol. The summed E-state index contributed by atoms with van der Waals surface area (Å²) in [6.07, 6.45) is 6.71. The Hall–Kier alpha value is -1.56. The van der Waals surface area contributed by atoms with Gasteiger partial charge in [0, 0.05) is 30.0 Å². The first-order valence-corrected chi connectivity index (χ1v) is 8.19. The number of imidazole rings is 1. The van der Waals surface area contributed by atoms with Gasteiger partial charge in [-0.25, -0.2) is 9.98 Å². The van der Waals surface area contributed by atoms with E-state index in [1.807, 2.05) is 28.9 Å². The lowest BCUT2D eigenvalue weighted by atomic mass is 10.4. The predicted octanol–water partition coefficient (Wildman–Crippen LogP) is 2.56. The van der Waals surface area contributed by atoms with Crippen LogP contribution in [0.15, 0.2) is 34.0 Å². The van der Waals surface area contributed by atoms with Gasteiger partial charge in [0.2, 0.25) is 0 Å². The molecule has 0 spiro atoms. The molecule has 1 aliphatic rings. The SMILES string of the molecule is CCNC(=NCc1cn2cc(Br)ccc2n1)NCC1CC1. The molecule has 0 aromatic carbocycles. The van der Waals surface area contributed by atoms with Crippen molar-refractivity contribution in [3.05, 3.63) is 34.7 Å². The third kappa shape index (κ3) is 3.97. The highest BCUT2D eigenvalue weighted by atomic mass is 79.9. The molecule has 0 radical (unpaired) electrons. The highest BCUT2D eigenvalue weighted by Crippen LogP contribution is 2.27. The van der Waals surface area contributed by atoms with E-state index in [2.05, 4.69) is 43.5 Å². The van der Waals surface area contributed by atoms with Crippen molar-refractivity contribution in [3.8, 4) is 0 Å². The van der Waals surface area contributed by atoms with Crippen molar-refractivity contribution in [2.75, 3.05) is 13.1 Å². The van der Waals surface area contributed by atoms with Crippen LogP contribution in [0.25, 0.3) is 5.65 Å². The van der Waals surface area contributed by atoms with Gasteiger partial charge in [0.1, 0.15) is 5.65 Å². The van der Waals surface area contributed by atoms with Crippen LogP contribution in [0.2, 0.25) is 0 Å². The number of halogens is 1. The molecule has 21 heavy (non-hydrogen) atoms. The molecular formula is C15H20BrN5. The Morgan fingerprint density at radius 2 is 2.24 bits per heavy atom. The first-order chi connectivity index (χ1) is 10.2. The number of aromatic nitrogens is 2. The molecule has 2 aromatic rings. The number of guanidine groups is 1. The highest BCUT2D eigenvalue weighted by molar-refractivity contribution is 9.10. The summed E-state index contributed by atoms with van der Waals surface area (Å²) < 4.78 is 3.06. The average Bonchev–Trinajstić information content (AvgIpc) is 3.21. The largest absolute Gasteiger partial charge is 0.357 e. The maximum absolute atomic E-state index is 4.61. The molecule has 0 atom stereocenters. The number of hydrogen-bond donors (Lipinski definition) is 2. The van der Waals surface area contributed by atoms with E-state index in [9.17, 15) is 0 Å². The second-order valence-electron chi connectivity index (χ2n) is 5.36. The maximum Gasteiger partial charge on any atom is 0.191 e. The highest BCUT2D eigenvalue weighted by Gasteiger charge is 2.21. The number of nitrogens with one attached hydrogen (secondary N) is 2. The second-order valence-corrected chi connectivity index (χ2v) is 6.28. The van der Waals surface area contributed by atoms with Gasteiger partial charge in [-0.15, -0.1) is 0 Å². The van der Waals surface area contributed by atoms with Crippen LogP contribution in [0, 0.1) is 5.92 Å². The summed E-state index contributed by atoms with van der Waals surface area (Å²) in [6.45, 7) is 4.55.